The van der Waals surface area contributed by atoms with Crippen LogP contribution in [-0.2, 0) is 10.2 Å². The topological polar surface area (TPSA) is 17.1 Å². The molecule has 0 N–H and O–H groups in total. The zero-order valence-corrected chi connectivity index (χ0v) is 17.5. The van der Waals surface area contributed by atoms with E-state index in [1.807, 2.05) is 55.5 Å². The first-order chi connectivity index (χ1) is 12.4. The van der Waals surface area contributed by atoms with Gasteiger partial charge in [0.2, 0.25) is 0 Å². The number of rotatable bonds is 4. The normalized spacial score (nSPS) is 13.3. The number of ketones is 1. The first-order valence-corrected chi connectivity index (χ1v) is 9.71. The van der Waals surface area contributed by atoms with Gasteiger partial charge in [0.05, 0.1) is 0 Å². The van der Waals surface area contributed by atoms with Crippen LogP contribution in [0.25, 0.3) is 0 Å². The van der Waals surface area contributed by atoms with E-state index in [2.05, 4.69) is 15.9 Å². The number of hydrogen-bond donors (Lipinski definition) is 0. The minimum absolute atomic E-state index is 0.0155. The van der Waals surface area contributed by atoms with Gasteiger partial charge in [-0.15, -0.1) is 0 Å². The van der Waals surface area contributed by atoms with E-state index in [0.29, 0.717) is 15.6 Å². The summed E-state index contributed by atoms with van der Waals surface area (Å²) in [6, 6.07) is 20.9. The van der Waals surface area contributed by atoms with E-state index in [4.69, 9.17) is 23.2 Å². The highest BCUT2D eigenvalue weighted by atomic mass is 79.9. The molecule has 3 aromatic rings. The second-order valence-corrected chi connectivity index (χ2v) is 8.01. The van der Waals surface area contributed by atoms with Crippen LogP contribution in [-0.4, -0.2) is 5.78 Å². The molecule has 0 aliphatic carbocycles. The van der Waals surface area contributed by atoms with E-state index in [9.17, 15) is 4.79 Å². The smallest absolute Gasteiger partial charge is 0.149 e. The number of hydrogen-bond acceptors (Lipinski definition) is 1. The Bertz CT molecular complexity index is 966. The van der Waals surface area contributed by atoms with Crippen LogP contribution in [0.3, 0.4) is 0 Å². The van der Waals surface area contributed by atoms with Crippen molar-refractivity contribution in [2.24, 2.45) is 0 Å². The number of carbonyl (C=O) groups is 1. The summed E-state index contributed by atoms with van der Waals surface area (Å²) in [6.07, 6.45) is 0. The maximum absolute atomic E-state index is 13.3. The number of aryl methyl sites for hydroxylation is 1. The van der Waals surface area contributed by atoms with Crippen molar-refractivity contribution in [1.29, 1.82) is 0 Å². The van der Waals surface area contributed by atoms with Crippen molar-refractivity contribution < 1.29 is 4.79 Å². The molecule has 4 heteroatoms. The quantitative estimate of drug-likeness (QED) is 0.394. The molecule has 0 saturated carbocycles. The molecule has 3 aromatic carbocycles. The molecular weight excluding hydrogens is 431 g/mol. The molecule has 0 saturated heterocycles. The Labute approximate surface area is 172 Å². The van der Waals surface area contributed by atoms with Crippen molar-refractivity contribution in [2.75, 3.05) is 0 Å². The Hall–Kier alpha value is -1.61. The molecule has 0 bridgehead atoms. The van der Waals surface area contributed by atoms with E-state index in [-0.39, 0.29) is 5.78 Å². The molecule has 0 spiro atoms. The lowest BCUT2D eigenvalue weighted by Gasteiger charge is -2.35. The molecule has 0 fully saturated rings. The Morgan fingerprint density at radius 2 is 1.58 bits per heavy atom. The Morgan fingerprint density at radius 3 is 2.19 bits per heavy atom. The molecule has 0 radical (unpaired) electrons. The van der Waals surface area contributed by atoms with Crippen molar-refractivity contribution in [3.8, 4) is 0 Å². The summed E-state index contributed by atoms with van der Waals surface area (Å²) >= 11 is 16.3. The average Bonchev–Trinajstić information content (AvgIpc) is 2.61. The van der Waals surface area contributed by atoms with Gasteiger partial charge in [-0.1, -0.05) is 75.5 Å². The van der Waals surface area contributed by atoms with Gasteiger partial charge in [0.25, 0.3) is 0 Å². The molecule has 26 heavy (non-hydrogen) atoms. The second kappa shape index (κ2) is 7.56. The number of benzene rings is 3. The van der Waals surface area contributed by atoms with Crippen molar-refractivity contribution in [3.63, 3.8) is 0 Å². The molecule has 1 nitrogen and oxygen atoms in total. The van der Waals surface area contributed by atoms with Crippen molar-refractivity contribution in [1.82, 2.24) is 0 Å². The average molecular weight is 448 g/mol. The van der Waals surface area contributed by atoms with Gasteiger partial charge in [-0.2, -0.15) is 0 Å². The van der Waals surface area contributed by atoms with E-state index in [0.717, 1.165) is 21.2 Å². The van der Waals surface area contributed by atoms with Gasteiger partial charge in [-0.05, 0) is 66.4 Å². The third kappa shape index (κ3) is 3.22. The summed E-state index contributed by atoms with van der Waals surface area (Å²) in [4.78, 5) is 13.3. The van der Waals surface area contributed by atoms with Crippen LogP contribution in [0.4, 0.5) is 0 Å². The van der Waals surface area contributed by atoms with Crippen molar-refractivity contribution in [3.05, 3.63) is 104 Å². The van der Waals surface area contributed by atoms with Crippen LogP contribution in [0.1, 0.15) is 29.2 Å². The first-order valence-electron chi connectivity index (χ1n) is 8.16. The predicted molar refractivity (Wildman–Crippen MR) is 112 cm³/mol. The van der Waals surface area contributed by atoms with E-state index < -0.39 is 5.41 Å². The van der Waals surface area contributed by atoms with Crippen LogP contribution in [0.5, 0.6) is 0 Å². The van der Waals surface area contributed by atoms with Gasteiger partial charge in [-0.3, -0.25) is 4.79 Å². The van der Waals surface area contributed by atoms with Crippen molar-refractivity contribution >= 4 is 44.9 Å². The molecular formula is C22H17BrCl2O. The van der Waals surface area contributed by atoms with Gasteiger partial charge >= 0.3 is 0 Å². The lowest BCUT2D eigenvalue weighted by Crippen LogP contribution is -2.38. The highest BCUT2D eigenvalue weighted by Gasteiger charge is 2.43. The zero-order valence-electron chi connectivity index (χ0n) is 14.4. The molecule has 1 atom stereocenters. The molecule has 0 aliphatic heterocycles. The summed E-state index contributed by atoms with van der Waals surface area (Å²) in [6.45, 7) is 3.61. The molecule has 1 unspecified atom stereocenters. The molecule has 3 rings (SSSR count). The minimum atomic E-state index is -1.03. The maximum Gasteiger partial charge on any atom is 0.149 e. The van der Waals surface area contributed by atoms with Gasteiger partial charge in [0.1, 0.15) is 11.2 Å². The largest absolute Gasteiger partial charge is 0.298 e. The molecule has 0 amide bonds. The fourth-order valence-electron chi connectivity index (χ4n) is 3.52. The summed E-state index contributed by atoms with van der Waals surface area (Å²) in [5, 5.41) is 1.05. The summed E-state index contributed by atoms with van der Waals surface area (Å²) in [5.74, 6) is -0.0155. The fraction of sp³-hybridized carbons (Fsp3) is 0.136. The summed E-state index contributed by atoms with van der Waals surface area (Å²) in [7, 11) is 0. The van der Waals surface area contributed by atoms with E-state index in [1.165, 1.54) is 0 Å². The lowest BCUT2D eigenvalue weighted by molar-refractivity contribution is -0.119. The van der Waals surface area contributed by atoms with Gasteiger partial charge in [0, 0.05) is 14.5 Å². The number of carbonyl (C=O) groups excluding carboxylic acids is 1. The molecule has 132 valence electrons. The highest BCUT2D eigenvalue weighted by molar-refractivity contribution is 9.10. The van der Waals surface area contributed by atoms with Crippen LogP contribution >= 0.6 is 39.1 Å². The second-order valence-electron chi connectivity index (χ2n) is 6.25. The Kier molecular flexibility index (Phi) is 5.57. The fourth-order valence-corrected chi connectivity index (χ4v) is 4.21. The Morgan fingerprint density at radius 1 is 0.923 bits per heavy atom. The predicted octanol–water partition coefficient (Wildman–Crippen LogP) is 6.99. The maximum atomic E-state index is 13.3. The third-order valence-electron chi connectivity index (χ3n) is 4.69. The number of halogens is 3. The van der Waals surface area contributed by atoms with E-state index >= 15 is 0 Å². The molecule has 0 heterocycles. The molecule has 0 aliphatic rings. The Balaban J connectivity index is 2.48. The van der Waals surface area contributed by atoms with Crippen LogP contribution in [0.2, 0.25) is 10.0 Å². The van der Waals surface area contributed by atoms with Crippen LogP contribution in [0.15, 0.2) is 71.2 Å². The van der Waals surface area contributed by atoms with Gasteiger partial charge in [-0.25, -0.2) is 0 Å². The minimum Gasteiger partial charge on any atom is -0.298 e. The van der Waals surface area contributed by atoms with Gasteiger partial charge in [0.15, 0.2) is 0 Å². The van der Waals surface area contributed by atoms with E-state index in [1.54, 1.807) is 25.1 Å². The highest BCUT2D eigenvalue weighted by Crippen LogP contribution is 2.45. The molecule has 0 aromatic heterocycles. The number of Topliss-reactive ketones (excluding diaryl/α,β-unsaturated/α-hetero) is 1. The summed E-state index contributed by atoms with van der Waals surface area (Å²) in [5.41, 5.74) is 2.43. The lowest BCUT2D eigenvalue weighted by atomic mass is 9.66. The third-order valence-corrected chi connectivity index (χ3v) is 5.78. The zero-order chi connectivity index (χ0) is 18.9. The SMILES string of the molecule is CC(=O)C(c1ccc(Br)cc1)(c1ccccc1C)c1cc(Cl)ccc1Cl. The summed E-state index contributed by atoms with van der Waals surface area (Å²) < 4.78 is 0.945. The van der Waals surface area contributed by atoms with Crippen molar-refractivity contribution in [2.45, 2.75) is 19.3 Å². The first kappa shape index (κ1) is 19.2. The van der Waals surface area contributed by atoms with Gasteiger partial charge < -0.3 is 0 Å². The van der Waals surface area contributed by atoms with Crippen LogP contribution < -0.4 is 0 Å². The monoisotopic (exact) mass is 446 g/mol. The standard InChI is InChI=1S/C22H17BrCl2O/c1-14-5-3-4-6-19(14)22(15(2)26,16-7-9-17(23)10-8-16)20-13-18(24)11-12-21(20)25/h3-13H,1-2H3. The van der Waals surface area contributed by atoms with Crippen LogP contribution in [0, 0.1) is 6.92 Å².